The number of aliphatic hydroxyl groups is 1. The van der Waals surface area contributed by atoms with Gasteiger partial charge in [-0.15, -0.1) is 6.42 Å². The lowest BCUT2D eigenvalue weighted by Gasteiger charge is -2.18. The smallest absolute Gasteiger partial charge is 0.120 e. The Bertz CT molecular complexity index is 218. The summed E-state index contributed by atoms with van der Waals surface area (Å²) < 4.78 is 0. The molecule has 1 N–H and O–H groups in total. The monoisotopic (exact) mass is 192 g/mol. The molecule has 1 fully saturated rings. The average Bonchev–Trinajstić information content (AvgIpc) is 2.26. The molecule has 0 saturated heterocycles. The second-order valence-corrected chi connectivity index (χ2v) is 4.25. The highest BCUT2D eigenvalue weighted by molar-refractivity contribution is 5.03. The van der Waals surface area contributed by atoms with Gasteiger partial charge >= 0.3 is 0 Å². The molecule has 0 aromatic heterocycles. The van der Waals surface area contributed by atoms with Crippen molar-refractivity contribution in [2.75, 3.05) is 0 Å². The molecule has 0 bridgehead atoms. The molecule has 0 amide bonds. The normalized spacial score (nSPS) is 23.2. The maximum atomic E-state index is 9.37. The lowest BCUT2D eigenvalue weighted by molar-refractivity contribution is 0.194. The Labute approximate surface area is 87.2 Å². The highest BCUT2D eigenvalue weighted by atomic mass is 16.3. The minimum atomic E-state index is -0.630. The summed E-state index contributed by atoms with van der Waals surface area (Å²) in [5, 5.41) is 9.37. The lowest BCUT2D eigenvalue weighted by Crippen LogP contribution is -2.13. The summed E-state index contributed by atoms with van der Waals surface area (Å²) in [5.74, 6) is 3.16. The van der Waals surface area contributed by atoms with Crippen LogP contribution in [-0.2, 0) is 0 Å². The fraction of sp³-hybridized carbons (Fsp3) is 0.692. The van der Waals surface area contributed by atoms with E-state index in [9.17, 15) is 5.11 Å². The first-order chi connectivity index (χ1) is 6.74. The molecular weight excluding hydrogens is 172 g/mol. The molecule has 0 radical (unpaired) electrons. The minimum absolute atomic E-state index is 0.0851. The van der Waals surface area contributed by atoms with Crippen LogP contribution in [0.15, 0.2) is 12.2 Å². The fourth-order valence-electron chi connectivity index (χ4n) is 1.92. The van der Waals surface area contributed by atoms with Gasteiger partial charge in [-0.25, -0.2) is 0 Å². The topological polar surface area (TPSA) is 20.2 Å². The molecule has 78 valence electrons. The van der Waals surface area contributed by atoms with Crippen LogP contribution in [0.3, 0.4) is 0 Å². The van der Waals surface area contributed by atoms with E-state index in [1.54, 1.807) is 0 Å². The molecular formula is C13H20O. The SMILES string of the molecule is C#C[C@@H](O)[C@@H](C)/C=C/C1CCCCC1. The molecule has 1 nitrogen and oxygen atoms in total. The van der Waals surface area contributed by atoms with E-state index in [0.717, 1.165) is 5.92 Å². The van der Waals surface area contributed by atoms with Crippen molar-refractivity contribution in [3.8, 4) is 12.3 Å². The largest absolute Gasteiger partial charge is 0.380 e. The first-order valence-corrected chi connectivity index (χ1v) is 5.56. The van der Waals surface area contributed by atoms with Gasteiger partial charge in [0.1, 0.15) is 6.10 Å². The number of allylic oxidation sites excluding steroid dienone is 1. The number of rotatable bonds is 3. The zero-order valence-corrected chi connectivity index (χ0v) is 8.95. The Hall–Kier alpha value is -0.740. The summed E-state index contributed by atoms with van der Waals surface area (Å²) in [6, 6.07) is 0. The molecule has 1 aliphatic rings. The van der Waals surface area contributed by atoms with Gasteiger partial charge in [0.15, 0.2) is 0 Å². The van der Waals surface area contributed by atoms with Crippen molar-refractivity contribution in [3.05, 3.63) is 12.2 Å². The van der Waals surface area contributed by atoms with Gasteiger partial charge in [-0.3, -0.25) is 0 Å². The van der Waals surface area contributed by atoms with Crippen LogP contribution in [0.1, 0.15) is 39.0 Å². The van der Waals surface area contributed by atoms with Gasteiger partial charge in [0.2, 0.25) is 0 Å². The van der Waals surface area contributed by atoms with Gasteiger partial charge in [0.05, 0.1) is 0 Å². The van der Waals surface area contributed by atoms with Crippen LogP contribution >= 0.6 is 0 Å². The predicted octanol–water partition coefficient (Wildman–Crippen LogP) is 2.75. The Morgan fingerprint density at radius 3 is 2.57 bits per heavy atom. The molecule has 1 rings (SSSR count). The summed E-state index contributed by atoms with van der Waals surface area (Å²) in [7, 11) is 0. The van der Waals surface area contributed by atoms with E-state index in [1.807, 2.05) is 6.92 Å². The van der Waals surface area contributed by atoms with Crippen LogP contribution < -0.4 is 0 Å². The molecule has 0 aromatic carbocycles. The summed E-state index contributed by atoms with van der Waals surface area (Å²) in [5.41, 5.74) is 0. The Morgan fingerprint density at radius 2 is 2.00 bits per heavy atom. The van der Waals surface area contributed by atoms with E-state index in [-0.39, 0.29) is 5.92 Å². The molecule has 14 heavy (non-hydrogen) atoms. The summed E-state index contributed by atoms with van der Waals surface area (Å²) >= 11 is 0. The van der Waals surface area contributed by atoms with Crippen molar-refractivity contribution in [2.45, 2.75) is 45.1 Å². The van der Waals surface area contributed by atoms with Crippen molar-refractivity contribution in [2.24, 2.45) is 11.8 Å². The number of aliphatic hydroxyl groups excluding tert-OH is 1. The molecule has 1 aliphatic carbocycles. The third-order valence-corrected chi connectivity index (χ3v) is 3.01. The van der Waals surface area contributed by atoms with Crippen LogP contribution in [0.2, 0.25) is 0 Å². The molecule has 1 heteroatoms. The van der Waals surface area contributed by atoms with Gasteiger partial charge in [0.25, 0.3) is 0 Å². The summed E-state index contributed by atoms with van der Waals surface area (Å²) in [6.07, 6.45) is 15.5. The summed E-state index contributed by atoms with van der Waals surface area (Å²) in [4.78, 5) is 0. The maximum Gasteiger partial charge on any atom is 0.120 e. The molecule has 0 heterocycles. The number of hydrogen-bond donors (Lipinski definition) is 1. The molecule has 0 aromatic rings. The molecule has 0 aliphatic heterocycles. The van der Waals surface area contributed by atoms with E-state index in [4.69, 9.17) is 6.42 Å². The number of terminal acetylenes is 1. The van der Waals surface area contributed by atoms with Gasteiger partial charge in [-0.1, -0.05) is 44.3 Å². The van der Waals surface area contributed by atoms with E-state index in [0.29, 0.717) is 0 Å². The van der Waals surface area contributed by atoms with E-state index in [2.05, 4.69) is 18.1 Å². The first-order valence-electron chi connectivity index (χ1n) is 5.56. The van der Waals surface area contributed by atoms with Gasteiger partial charge in [-0.2, -0.15) is 0 Å². The second-order valence-electron chi connectivity index (χ2n) is 4.25. The van der Waals surface area contributed by atoms with Crippen molar-refractivity contribution in [3.63, 3.8) is 0 Å². The zero-order chi connectivity index (χ0) is 10.4. The van der Waals surface area contributed by atoms with E-state index in [1.165, 1.54) is 32.1 Å². The predicted molar refractivity (Wildman–Crippen MR) is 59.7 cm³/mol. The van der Waals surface area contributed by atoms with Crippen LogP contribution in [-0.4, -0.2) is 11.2 Å². The second kappa shape index (κ2) is 5.88. The van der Waals surface area contributed by atoms with Crippen molar-refractivity contribution >= 4 is 0 Å². The first kappa shape index (κ1) is 11.3. The summed E-state index contributed by atoms with van der Waals surface area (Å²) in [6.45, 7) is 1.96. The van der Waals surface area contributed by atoms with E-state index < -0.39 is 6.10 Å². The van der Waals surface area contributed by atoms with Crippen molar-refractivity contribution in [1.82, 2.24) is 0 Å². The minimum Gasteiger partial charge on any atom is -0.380 e. The molecule has 0 spiro atoms. The van der Waals surface area contributed by atoms with Crippen molar-refractivity contribution in [1.29, 1.82) is 0 Å². The Balaban J connectivity index is 2.34. The van der Waals surface area contributed by atoms with Crippen molar-refractivity contribution < 1.29 is 5.11 Å². The maximum absolute atomic E-state index is 9.37. The van der Waals surface area contributed by atoms with Gasteiger partial charge in [0, 0.05) is 5.92 Å². The zero-order valence-electron chi connectivity index (χ0n) is 8.95. The fourth-order valence-corrected chi connectivity index (χ4v) is 1.92. The standard InChI is InChI=1S/C13H20O/c1-3-13(14)11(2)9-10-12-7-5-4-6-8-12/h1,9-14H,4-8H2,2H3/b10-9+/t11-,13+/m0/s1. The third-order valence-electron chi connectivity index (χ3n) is 3.01. The molecule has 2 atom stereocenters. The highest BCUT2D eigenvalue weighted by Crippen LogP contribution is 2.25. The quantitative estimate of drug-likeness (QED) is 0.538. The third kappa shape index (κ3) is 3.55. The lowest BCUT2D eigenvalue weighted by atomic mass is 9.88. The van der Waals surface area contributed by atoms with Crippen LogP contribution in [0.25, 0.3) is 0 Å². The van der Waals surface area contributed by atoms with Gasteiger partial charge < -0.3 is 5.11 Å². The molecule has 1 saturated carbocycles. The Kier molecular flexibility index (Phi) is 4.76. The molecule has 0 unspecified atom stereocenters. The van der Waals surface area contributed by atoms with Crippen LogP contribution in [0.5, 0.6) is 0 Å². The van der Waals surface area contributed by atoms with E-state index >= 15 is 0 Å². The number of hydrogen-bond acceptors (Lipinski definition) is 1. The average molecular weight is 192 g/mol. The van der Waals surface area contributed by atoms with Gasteiger partial charge in [-0.05, 0) is 18.8 Å². The van der Waals surface area contributed by atoms with Crippen LogP contribution in [0, 0.1) is 24.2 Å². The Morgan fingerprint density at radius 1 is 1.36 bits per heavy atom. The highest BCUT2D eigenvalue weighted by Gasteiger charge is 2.12. The van der Waals surface area contributed by atoms with Crippen LogP contribution in [0.4, 0.5) is 0 Å².